The van der Waals surface area contributed by atoms with Crippen molar-refractivity contribution < 1.29 is 13.9 Å². The smallest absolute Gasteiger partial charge is 0.244 e. The molecule has 1 aromatic heterocycles. The average molecular weight is 343 g/mol. The van der Waals surface area contributed by atoms with E-state index >= 15 is 0 Å². The Morgan fingerprint density at radius 1 is 1.32 bits per heavy atom. The first-order valence-corrected chi connectivity index (χ1v) is 8.42. The molecule has 2 heterocycles. The molecule has 1 aliphatic heterocycles. The van der Waals surface area contributed by atoms with Crippen molar-refractivity contribution in [2.45, 2.75) is 31.8 Å². The van der Waals surface area contributed by atoms with Gasteiger partial charge < -0.3 is 9.64 Å². The van der Waals surface area contributed by atoms with E-state index in [1.807, 2.05) is 31.2 Å². The second-order valence-corrected chi connectivity index (χ2v) is 6.15. The summed E-state index contributed by atoms with van der Waals surface area (Å²) < 4.78 is 18.4. The summed E-state index contributed by atoms with van der Waals surface area (Å²) in [6, 6.07) is 10.1. The van der Waals surface area contributed by atoms with Crippen molar-refractivity contribution in [2.24, 2.45) is 0 Å². The van der Waals surface area contributed by atoms with E-state index in [-0.39, 0.29) is 23.8 Å². The molecule has 5 nitrogen and oxygen atoms in total. The lowest BCUT2D eigenvalue weighted by Gasteiger charge is -2.34. The number of carbonyl (C=O) groups is 1. The van der Waals surface area contributed by atoms with E-state index in [0.717, 1.165) is 18.5 Å². The maximum absolute atomic E-state index is 13.0. The predicted octanol–water partition coefficient (Wildman–Crippen LogP) is 3.08. The number of amides is 1. The molecule has 1 aliphatic rings. The molecule has 1 aromatic carbocycles. The van der Waals surface area contributed by atoms with Crippen LogP contribution in [0.1, 0.15) is 31.5 Å². The molecule has 6 heteroatoms. The fourth-order valence-electron chi connectivity index (χ4n) is 3.15. The van der Waals surface area contributed by atoms with Crippen molar-refractivity contribution in [1.29, 1.82) is 0 Å². The average Bonchev–Trinajstić information content (AvgIpc) is 2.64. The number of anilines is 1. The first-order valence-electron chi connectivity index (χ1n) is 8.42. The Morgan fingerprint density at radius 2 is 2.12 bits per heavy atom. The lowest BCUT2D eigenvalue weighted by Crippen LogP contribution is -2.51. The largest absolute Gasteiger partial charge is 0.495 e. The number of benzene rings is 1. The van der Waals surface area contributed by atoms with Gasteiger partial charge in [0.1, 0.15) is 11.6 Å². The fraction of sp³-hybridized carbons (Fsp3) is 0.368. The molecule has 0 spiro atoms. The molecule has 1 amide bonds. The zero-order valence-electron chi connectivity index (χ0n) is 14.4. The Bertz CT molecular complexity index is 736. The highest BCUT2D eigenvalue weighted by molar-refractivity contribution is 5.99. The molecule has 2 aromatic rings. The van der Waals surface area contributed by atoms with Gasteiger partial charge in [-0.1, -0.05) is 12.1 Å². The van der Waals surface area contributed by atoms with E-state index in [9.17, 15) is 9.18 Å². The number of ether oxygens (including phenoxy) is 1. The first-order chi connectivity index (χ1) is 12.1. The molecule has 25 heavy (non-hydrogen) atoms. The first kappa shape index (κ1) is 17.4. The SMILES string of the molecule is COc1ccccc1N1CCC[C@H](N[C@H](C)c2ccc(F)cn2)C1=O. The van der Waals surface area contributed by atoms with Crippen LogP contribution in [0.2, 0.25) is 0 Å². The number of aromatic nitrogens is 1. The normalized spacial score (nSPS) is 18.9. The fourth-order valence-corrected chi connectivity index (χ4v) is 3.15. The van der Waals surface area contributed by atoms with Gasteiger partial charge >= 0.3 is 0 Å². The van der Waals surface area contributed by atoms with Gasteiger partial charge in [0.15, 0.2) is 0 Å². The van der Waals surface area contributed by atoms with E-state index < -0.39 is 0 Å². The Kier molecular flexibility index (Phi) is 5.28. The van der Waals surface area contributed by atoms with Crippen molar-refractivity contribution in [1.82, 2.24) is 10.3 Å². The molecular weight excluding hydrogens is 321 g/mol. The van der Waals surface area contributed by atoms with Crippen LogP contribution in [0.25, 0.3) is 0 Å². The van der Waals surface area contributed by atoms with Crippen LogP contribution in [0.5, 0.6) is 5.75 Å². The third kappa shape index (κ3) is 3.79. The second kappa shape index (κ2) is 7.61. The number of pyridine rings is 1. The van der Waals surface area contributed by atoms with E-state index in [2.05, 4.69) is 10.3 Å². The minimum absolute atomic E-state index is 0.0183. The van der Waals surface area contributed by atoms with Crippen LogP contribution in [-0.2, 0) is 4.79 Å². The lowest BCUT2D eigenvalue weighted by molar-refractivity contribution is -0.122. The van der Waals surface area contributed by atoms with Crippen molar-refractivity contribution in [3.63, 3.8) is 0 Å². The number of piperidine rings is 1. The number of hydrogen-bond donors (Lipinski definition) is 1. The number of hydrogen-bond acceptors (Lipinski definition) is 4. The zero-order chi connectivity index (χ0) is 17.8. The maximum Gasteiger partial charge on any atom is 0.244 e. The second-order valence-electron chi connectivity index (χ2n) is 6.15. The molecule has 0 bridgehead atoms. The molecule has 1 N–H and O–H groups in total. The molecule has 2 atom stereocenters. The molecule has 0 unspecified atom stereocenters. The van der Waals surface area contributed by atoms with Crippen LogP contribution >= 0.6 is 0 Å². The monoisotopic (exact) mass is 343 g/mol. The van der Waals surface area contributed by atoms with Gasteiger partial charge in [0.25, 0.3) is 0 Å². The molecule has 0 saturated carbocycles. The lowest BCUT2D eigenvalue weighted by atomic mass is 10.0. The molecular formula is C19H22FN3O2. The number of halogens is 1. The van der Waals surface area contributed by atoms with Gasteiger partial charge in [0.2, 0.25) is 5.91 Å². The van der Waals surface area contributed by atoms with Crippen LogP contribution in [-0.4, -0.2) is 30.6 Å². The van der Waals surface area contributed by atoms with Gasteiger partial charge in [-0.3, -0.25) is 15.1 Å². The zero-order valence-corrected chi connectivity index (χ0v) is 14.4. The third-order valence-corrected chi connectivity index (χ3v) is 4.46. The Hall–Kier alpha value is -2.47. The van der Waals surface area contributed by atoms with E-state index in [1.54, 1.807) is 18.1 Å². The van der Waals surface area contributed by atoms with E-state index in [4.69, 9.17) is 4.74 Å². The molecule has 1 saturated heterocycles. The number of nitrogens with one attached hydrogen (secondary N) is 1. The van der Waals surface area contributed by atoms with Crippen LogP contribution in [0.3, 0.4) is 0 Å². The van der Waals surface area contributed by atoms with Gasteiger partial charge in [0, 0.05) is 12.6 Å². The maximum atomic E-state index is 13.0. The summed E-state index contributed by atoms with van der Waals surface area (Å²) in [7, 11) is 1.60. The highest BCUT2D eigenvalue weighted by Crippen LogP contribution is 2.31. The van der Waals surface area contributed by atoms with Crippen LogP contribution < -0.4 is 15.0 Å². The number of para-hydroxylation sites is 2. The summed E-state index contributed by atoms with van der Waals surface area (Å²) in [5, 5.41) is 3.32. The van der Waals surface area contributed by atoms with Gasteiger partial charge in [0.05, 0.1) is 30.7 Å². The summed E-state index contributed by atoms with van der Waals surface area (Å²) in [5.41, 5.74) is 1.50. The summed E-state index contributed by atoms with van der Waals surface area (Å²) in [5.74, 6) is 0.335. The minimum atomic E-state index is -0.368. The summed E-state index contributed by atoms with van der Waals surface area (Å²) in [6.07, 6.45) is 2.85. The summed E-state index contributed by atoms with van der Waals surface area (Å²) in [4.78, 5) is 18.8. The van der Waals surface area contributed by atoms with Crippen LogP contribution in [0.15, 0.2) is 42.6 Å². The van der Waals surface area contributed by atoms with Crippen LogP contribution in [0, 0.1) is 5.82 Å². The molecule has 0 radical (unpaired) electrons. The minimum Gasteiger partial charge on any atom is -0.495 e. The Labute approximate surface area is 146 Å². The van der Waals surface area contributed by atoms with Crippen molar-refractivity contribution in [3.8, 4) is 5.75 Å². The molecule has 132 valence electrons. The number of rotatable bonds is 5. The third-order valence-electron chi connectivity index (χ3n) is 4.46. The van der Waals surface area contributed by atoms with Gasteiger partial charge in [-0.25, -0.2) is 4.39 Å². The van der Waals surface area contributed by atoms with Crippen molar-refractivity contribution in [3.05, 3.63) is 54.1 Å². The summed E-state index contributed by atoms with van der Waals surface area (Å²) in [6.45, 7) is 2.59. The van der Waals surface area contributed by atoms with E-state index in [1.165, 1.54) is 12.3 Å². The van der Waals surface area contributed by atoms with Crippen LogP contribution in [0.4, 0.5) is 10.1 Å². The predicted molar refractivity (Wildman–Crippen MR) is 94.1 cm³/mol. The van der Waals surface area contributed by atoms with E-state index in [0.29, 0.717) is 18.0 Å². The quantitative estimate of drug-likeness (QED) is 0.906. The topological polar surface area (TPSA) is 54.5 Å². The Balaban J connectivity index is 1.74. The highest BCUT2D eigenvalue weighted by atomic mass is 19.1. The molecule has 0 aliphatic carbocycles. The number of carbonyl (C=O) groups excluding carboxylic acids is 1. The van der Waals surface area contributed by atoms with Gasteiger partial charge in [-0.05, 0) is 44.0 Å². The highest BCUT2D eigenvalue weighted by Gasteiger charge is 2.32. The molecule has 1 fully saturated rings. The van der Waals surface area contributed by atoms with Gasteiger partial charge in [-0.15, -0.1) is 0 Å². The number of methoxy groups -OCH3 is 1. The van der Waals surface area contributed by atoms with Crippen molar-refractivity contribution in [2.75, 3.05) is 18.6 Å². The molecule has 3 rings (SSSR count). The standard InChI is InChI=1S/C19H22FN3O2/c1-13(15-10-9-14(20)12-21-15)22-16-6-5-11-23(19(16)24)17-7-3-4-8-18(17)25-2/h3-4,7-10,12-13,16,22H,5-6,11H2,1-2H3/t13-,16+/m1/s1. The number of nitrogens with zero attached hydrogens (tertiary/aromatic N) is 2. The summed E-state index contributed by atoms with van der Waals surface area (Å²) >= 11 is 0. The van der Waals surface area contributed by atoms with Crippen molar-refractivity contribution >= 4 is 11.6 Å². The Morgan fingerprint density at radius 3 is 2.84 bits per heavy atom. The van der Waals surface area contributed by atoms with Gasteiger partial charge in [-0.2, -0.15) is 0 Å².